The number of carboxylic acid groups (broad SMARTS) is 1. The Morgan fingerprint density at radius 3 is 2.35 bits per heavy atom. The van der Waals surface area contributed by atoms with Crippen LogP contribution < -0.4 is 10.6 Å². The molecule has 3 rings (SSSR count). The van der Waals surface area contributed by atoms with Gasteiger partial charge in [-0.3, -0.25) is 24.1 Å². The predicted octanol–water partition coefficient (Wildman–Crippen LogP) is 5.04. The van der Waals surface area contributed by atoms with Crippen molar-refractivity contribution in [3.63, 3.8) is 0 Å². The van der Waals surface area contributed by atoms with E-state index in [1.807, 2.05) is 58.0 Å². The van der Waals surface area contributed by atoms with Gasteiger partial charge >= 0.3 is 12.1 Å². The number of benzene rings is 1. The van der Waals surface area contributed by atoms with Crippen LogP contribution in [0.4, 0.5) is 4.79 Å². The van der Waals surface area contributed by atoms with Gasteiger partial charge in [-0.15, -0.1) is 11.3 Å². The Balaban J connectivity index is 1.72. The van der Waals surface area contributed by atoms with Crippen LogP contribution in [-0.4, -0.2) is 99.1 Å². The number of thiazole rings is 1. The van der Waals surface area contributed by atoms with E-state index in [0.29, 0.717) is 37.1 Å². The molecule has 288 valence electrons. The molecule has 0 aliphatic carbocycles. The number of aliphatic hydroxyl groups is 1. The molecular weight excluding hydrogens is 687 g/mol. The van der Waals surface area contributed by atoms with Crippen molar-refractivity contribution in [2.24, 2.45) is 17.8 Å². The van der Waals surface area contributed by atoms with Crippen LogP contribution in [0, 0.1) is 17.8 Å². The first kappa shape index (κ1) is 42.4. The molecule has 0 bridgehead atoms. The van der Waals surface area contributed by atoms with Gasteiger partial charge in [-0.2, -0.15) is 0 Å². The highest BCUT2D eigenvalue weighted by Crippen LogP contribution is 2.28. The second-order valence-corrected chi connectivity index (χ2v) is 15.1. The van der Waals surface area contributed by atoms with E-state index in [1.54, 1.807) is 31.2 Å². The summed E-state index contributed by atoms with van der Waals surface area (Å²) in [7, 11) is 1.65. The molecule has 0 spiro atoms. The number of rotatable bonds is 18. The Labute approximate surface area is 311 Å². The van der Waals surface area contributed by atoms with E-state index in [0.717, 1.165) is 28.2 Å². The largest absolute Gasteiger partial charge is 0.466 e. The lowest BCUT2D eigenvalue weighted by Crippen LogP contribution is -2.59. The smallest absolute Gasteiger partial charge is 0.407 e. The van der Waals surface area contributed by atoms with Crippen molar-refractivity contribution in [2.45, 2.75) is 117 Å². The minimum atomic E-state index is -1.16. The summed E-state index contributed by atoms with van der Waals surface area (Å²) in [6.07, 6.45) is 1.17. The number of likely N-dealkylation sites (N-methyl/N-ethyl adjacent to an activating group) is 1. The normalized spacial score (nSPS) is 18.0. The number of ether oxygens (including phenoxy) is 1. The number of aliphatic hydroxyl groups excluding tert-OH is 1. The summed E-state index contributed by atoms with van der Waals surface area (Å²) in [5.74, 6) is -2.31. The molecule has 4 N–H and O–H groups in total. The molecule has 2 heterocycles. The molecule has 1 aliphatic heterocycles. The number of piperidine rings is 1. The van der Waals surface area contributed by atoms with E-state index in [4.69, 9.17) is 4.74 Å². The monoisotopic (exact) mass is 743 g/mol. The third-order valence-corrected chi connectivity index (χ3v) is 10.9. The third-order valence-electron chi connectivity index (χ3n) is 9.93. The Morgan fingerprint density at radius 2 is 1.73 bits per heavy atom. The van der Waals surface area contributed by atoms with Gasteiger partial charge in [0, 0.05) is 37.5 Å². The van der Waals surface area contributed by atoms with E-state index in [2.05, 4.69) is 15.6 Å². The summed E-state index contributed by atoms with van der Waals surface area (Å²) >= 11 is 1.15. The first-order chi connectivity index (χ1) is 24.7. The SMILES string of the molecule is CCOC(=O)[C@@H](C)C[C@H](Cc1ccccc1)NC(=O)c1csc([C@H](O)C[C@H](C(C)C)N(C)C(=O)[C@@H](NC(=O)[C@H]2CCCCN2C(=O)O)[C@@H](C)CC)n1. The number of carbonyl (C=O) groups excluding carboxylic acids is 4. The summed E-state index contributed by atoms with van der Waals surface area (Å²) in [6, 6.07) is 7.10. The number of esters is 1. The van der Waals surface area contributed by atoms with Crippen molar-refractivity contribution in [1.29, 1.82) is 0 Å². The molecule has 0 unspecified atom stereocenters. The molecule has 0 radical (unpaired) electrons. The minimum absolute atomic E-state index is 0.0828. The highest BCUT2D eigenvalue weighted by atomic mass is 32.1. The van der Waals surface area contributed by atoms with E-state index in [-0.39, 0.29) is 55.0 Å². The van der Waals surface area contributed by atoms with E-state index >= 15 is 0 Å². The second kappa shape index (κ2) is 20.3. The maximum Gasteiger partial charge on any atom is 0.407 e. The lowest BCUT2D eigenvalue weighted by atomic mass is 9.92. The van der Waals surface area contributed by atoms with Gasteiger partial charge in [-0.1, -0.05) is 71.4 Å². The zero-order valence-corrected chi connectivity index (χ0v) is 32.4. The second-order valence-electron chi connectivity index (χ2n) is 14.2. The molecule has 1 aliphatic rings. The lowest BCUT2D eigenvalue weighted by Gasteiger charge is -2.38. The molecule has 7 atom stereocenters. The van der Waals surface area contributed by atoms with Gasteiger partial charge in [0.25, 0.3) is 5.91 Å². The Kier molecular flexibility index (Phi) is 16.5. The number of hydrogen-bond acceptors (Lipinski definition) is 9. The fourth-order valence-corrected chi connectivity index (χ4v) is 7.46. The van der Waals surface area contributed by atoms with Gasteiger partial charge in [0.05, 0.1) is 12.5 Å². The molecule has 2 aromatic rings. The number of nitrogens with one attached hydrogen (secondary N) is 2. The number of likely N-dealkylation sites (tertiary alicyclic amines) is 1. The molecule has 52 heavy (non-hydrogen) atoms. The topological polar surface area (TPSA) is 178 Å². The summed E-state index contributed by atoms with van der Waals surface area (Å²) < 4.78 is 5.18. The molecule has 14 heteroatoms. The van der Waals surface area contributed by atoms with Gasteiger partial charge in [-0.05, 0) is 56.4 Å². The van der Waals surface area contributed by atoms with Crippen molar-refractivity contribution in [3.05, 3.63) is 52.0 Å². The zero-order valence-electron chi connectivity index (χ0n) is 31.5. The van der Waals surface area contributed by atoms with Crippen molar-refractivity contribution in [1.82, 2.24) is 25.4 Å². The van der Waals surface area contributed by atoms with Crippen LogP contribution >= 0.6 is 11.3 Å². The molecule has 1 aromatic carbocycles. The van der Waals surface area contributed by atoms with E-state index < -0.39 is 48.1 Å². The number of hydrogen-bond donors (Lipinski definition) is 4. The van der Waals surface area contributed by atoms with Gasteiger partial charge in [0.1, 0.15) is 28.9 Å². The summed E-state index contributed by atoms with van der Waals surface area (Å²) in [5, 5.41) is 28.8. The molecule has 1 saturated heterocycles. The van der Waals surface area contributed by atoms with Crippen LogP contribution in [0.1, 0.15) is 107 Å². The lowest BCUT2D eigenvalue weighted by molar-refractivity contribution is -0.147. The van der Waals surface area contributed by atoms with E-state index in [1.165, 1.54) is 0 Å². The van der Waals surface area contributed by atoms with Gasteiger partial charge in [0.2, 0.25) is 11.8 Å². The molecule has 13 nitrogen and oxygen atoms in total. The first-order valence-corrected chi connectivity index (χ1v) is 19.3. The van der Waals surface area contributed by atoms with E-state index in [9.17, 15) is 34.2 Å². The maximum atomic E-state index is 14.0. The highest BCUT2D eigenvalue weighted by Gasteiger charge is 2.38. The van der Waals surface area contributed by atoms with Crippen molar-refractivity contribution in [3.8, 4) is 0 Å². The van der Waals surface area contributed by atoms with Crippen LogP contribution in [-0.2, 0) is 25.5 Å². The van der Waals surface area contributed by atoms with Gasteiger partial charge < -0.3 is 30.5 Å². The Morgan fingerprint density at radius 1 is 1.04 bits per heavy atom. The summed E-state index contributed by atoms with van der Waals surface area (Å²) in [4.78, 5) is 72.2. The minimum Gasteiger partial charge on any atom is -0.466 e. The van der Waals surface area contributed by atoms with Gasteiger partial charge in [0.15, 0.2) is 0 Å². The molecule has 4 amide bonds. The average molecular weight is 744 g/mol. The number of carbonyl (C=O) groups is 5. The van der Waals surface area contributed by atoms with Crippen molar-refractivity contribution in [2.75, 3.05) is 20.2 Å². The van der Waals surface area contributed by atoms with Crippen LogP contribution in [0.5, 0.6) is 0 Å². The Hall–Kier alpha value is -4.04. The summed E-state index contributed by atoms with van der Waals surface area (Å²) in [6.45, 7) is 11.7. The standard InChI is InChI=1S/C38H57N5O8S/c1-8-24(5)32(41-34(46)29-17-13-14-18-43(29)38(49)50)36(47)42(7)30(23(3)4)21-31(44)35-40-28(22-52-35)33(45)39-27(19-25(6)37(48)51-9-2)20-26-15-11-10-12-16-26/h10-12,15-16,22-25,27,29-32,44H,8-9,13-14,17-21H2,1-7H3,(H,39,45)(H,41,46)(H,49,50)/t24-,25-,27+,29+,30+,31+,32-/m0/s1. The average Bonchev–Trinajstić information content (AvgIpc) is 3.63. The quantitative estimate of drug-likeness (QED) is 0.152. The van der Waals surface area contributed by atoms with Crippen LogP contribution in [0.15, 0.2) is 35.7 Å². The van der Waals surface area contributed by atoms with Crippen LogP contribution in [0.3, 0.4) is 0 Å². The van der Waals surface area contributed by atoms with Gasteiger partial charge in [-0.25, -0.2) is 9.78 Å². The van der Waals surface area contributed by atoms with Crippen LogP contribution in [0.25, 0.3) is 0 Å². The Bertz CT molecular complexity index is 1490. The number of amides is 4. The van der Waals surface area contributed by atoms with Crippen molar-refractivity contribution < 1.29 is 38.9 Å². The molecule has 1 aromatic heterocycles. The maximum absolute atomic E-state index is 14.0. The zero-order chi connectivity index (χ0) is 38.5. The van der Waals surface area contributed by atoms with Crippen molar-refractivity contribution >= 4 is 41.1 Å². The number of nitrogens with zero attached hydrogens (tertiary/aromatic N) is 3. The molecular formula is C38H57N5O8S. The van der Waals surface area contributed by atoms with Crippen LogP contribution in [0.2, 0.25) is 0 Å². The summed E-state index contributed by atoms with van der Waals surface area (Å²) in [5.41, 5.74) is 1.15. The molecule has 1 fully saturated rings. The highest BCUT2D eigenvalue weighted by molar-refractivity contribution is 7.09. The predicted molar refractivity (Wildman–Crippen MR) is 199 cm³/mol. The molecule has 0 saturated carbocycles. The fraction of sp³-hybridized carbons (Fsp3) is 0.632. The third kappa shape index (κ3) is 11.7. The first-order valence-electron chi connectivity index (χ1n) is 18.4. The number of aromatic nitrogens is 1. The fourth-order valence-electron chi connectivity index (χ4n) is 6.66.